The molecule has 1 aliphatic carbocycles. The molecular weight excluding hydrogens is 520 g/mol. The molecule has 3 aliphatic rings. The predicted octanol–water partition coefficient (Wildman–Crippen LogP) is 4.42. The Hall–Kier alpha value is -3.76. The fraction of sp³-hybridized carbons (Fsp3) is 0.484. The van der Waals surface area contributed by atoms with E-state index in [1.807, 2.05) is 17.6 Å². The molecule has 6 rings (SSSR count). The molecule has 1 aromatic carbocycles. The van der Waals surface area contributed by atoms with E-state index in [0.717, 1.165) is 29.0 Å². The number of aromatic nitrogens is 3. The van der Waals surface area contributed by atoms with E-state index in [1.54, 1.807) is 11.1 Å². The molecule has 0 spiro atoms. The van der Waals surface area contributed by atoms with Crippen molar-refractivity contribution in [1.29, 1.82) is 0 Å². The molecule has 216 valence electrons. The lowest BCUT2D eigenvalue weighted by molar-refractivity contribution is -0.120. The van der Waals surface area contributed by atoms with Gasteiger partial charge in [0.25, 0.3) is 0 Å². The van der Waals surface area contributed by atoms with Gasteiger partial charge in [-0.3, -0.25) is 19.9 Å². The van der Waals surface area contributed by atoms with Gasteiger partial charge in [0.15, 0.2) is 5.82 Å². The second kappa shape index (κ2) is 11.6. The molecule has 10 heteroatoms. The highest BCUT2D eigenvalue weighted by atomic mass is 16.5. The molecule has 0 bridgehead atoms. The normalized spacial score (nSPS) is 23.0. The highest BCUT2D eigenvalue weighted by Gasteiger charge is 2.33. The van der Waals surface area contributed by atoms with Crippen molar-refractivity contribution in [3.05, 3.63) is 59.4 Å². The Kier molecular flexibility index (Phi) is 7.77. The van der Waals surface area contributed by atoms with Crippen LogP contribution in [0.2, 0.25) is 0 Å². The van der Waals surface area contributed by atoms with Crippen LogP contribution < -0.4 is 15.0 Å². The van der Waals surface area contributed by atoms with Crippen molar-refractivity contribution in [2.24, 2.45) is 5.92 Å². The number of imide groups is 1. The minimum atomic E-state index is -0.441. The van der Waals surface area contributed by atoms with Gasteiger partial charge in [-0.1, -0.05) is 31.5 Å². The van der Waals surface area contributed by atoms with Gasteiger partial charge in [-0.25, -0.2) is 14.8 Å². The standard InChI is InChI=1S/C31H38N6O4/c1-3-36-28(37-15-14-27(39)34-31(37)40)16-32-30(36)24-13-10-22-18-35(25(19-38)29(22)33-24)17-21-8-11-23(12-9-21)41-26-7-5-4-6-20(26)2/h8-13,16,20,25-26,38H,3-7,14-15,17-19H2,1-2H3,(H,34,39,40)/t20-,25-,26-/m0/s1. The summed E-state index contributed by atoms with van der Waals surface area (Å²) in [5.41, 5.74) is 3.78. The highest BCUT2D eigenvalue weighted by Crippen LogP contribution is 2.36. The number of anilines is 1. The number of rotatable bonds is 8. The molecule has 10 nitrogen and oxygen atoms in total. The van der Waals surface area contributed by atoms with Crippen LogP contribution >= 0.6 is 0 Å². The lowest BCUT2D eigenvalue weighted by atomic mass is 9.88. The third kappa shape index (κ3) is 5.46. The summed E-state index contributed by atoms with van der Waals surface area (Å²) in [6.45, 7) is 6.49. The lowest BCUT2D eigenvalue weighted by Crippen LogP contribution is -2.50. The summed E-state index contributed by atoms with van der Waals surface area (Å²) in [6.07, 6.45) is 7.08. The summed E-state index contributed by atoms with van der Waals surface area (Å²) in [4.78, 5) is 37.4. The van der Waals surface area contributed by atoms with Crippen LogP contribution in [0.25, 0.3) is 11.5 Å². The number of hydrogen-bond donors (Lipinski definition) is 2. The molecule has 2 fully saturated rings. The first-order valence-corrected chi connectivity index (χ1v) is 14.7. The van der Waals surface area contributed by atoms with Crippen LogP contribution in [0.1, 0.15) is 68.8 Å². The van der Waals surface area contributed by atoms with Crippen molar-refractivity contribution in [1.82, 2.24) is 24.8 Å². The van der Waals surface area contributed by atoms with E-state index >= 15 is 0 Å². The number of benzene rings is 1. The summed E-state index contributed by atoms with van der Waals surface area (Å²) in [5.74, 6) is 2.51. The molecule has 1 saturated heterocycles. The summed E-state index contributed by atoms with van der Waals surface area (Å²) in [7, 11) is 0. The number of nitrogens with zero attached hydrogens (tertiary/aromatic N) is 5. The zero-order valence-corrected chi connectivity index (χ0v) is 23.8. The van der Waals surface area contributed by atoms with Crippen molar-refractivity contribution < 1.29 is 19.4 Å². The second-order valence-corrected chi connectivity index (χ2v) is 11.3. The molecule has 3 aromatic rings. The van der Waals surface area contributed by atoms with E-state index in [9.17, 15) is 14.7 Å². The van der Waals surface area contributed by atoms with Gasteiger partial charge in [-0.2, -0.15) is 0 Å². The Balaban J connectivity index is 1.18. The van der Waals surface area contributed by atoms with Crippen molar-refractivity contribution in [2.45, 2.75) is 77.7 Å². The molecule has 0 unspecified atom stereocenters. The lowest BCUT2D eigenvalue weighted by Gasteiger charge is -2.29. The molecule has 3 atom stereocenters. The Morgan fingerprint density at radius 2 is 1.90 bits per heavy atom. The van der Waals surface area contributed by atoms with Gasteiger partial charge in [-0.15, -0.1) is 0 Å². The number of urea groups is 1. The molecule has 41 heavy (non-hydrogen) atoms. The van der Waals surface area contributed by atoms with Gasteiger partial charge in [0, 0.05) is 32.6 Å². The van der Waals surface area contributed by atoms with E-state index < -0.39 is 6.03 Å². The van der Waals surface area contributed by atoms with Crippen molar-refractivity contribution in [2.75, 3.05) is 18.1 Å². The number of nitrogens with one attached hydrogen (secondary N) is 1. The minimum absolute atomic E-state index is 0.0420. The molecule has 1 saturated carbocycles. The first-order chi connectivity index (χ1) is 19.9. The van der Waals surface area contributed by atoms with Crippen LogP contribution in [0.15, 0.2) is 42.6 Å². The number of carbonyl (C=O) groups is 2. The van der Waals surface area contributed by atoms with Crippen molar-refractivity contribution >= 4 is 17.8 Å². The Labute approximate surface area is 240 Å². The topological polar surface area (TPSA) is 113 Å². The Bertz CT molecular complexity index is 1420. The Morgan fingerprint density at radius 3 is 2.63 bits per heavy atom. The largest absolute Gasteiger partial charge is 0.490 e. The number of pyridine rings is 1. The maximum absolute atomic E-state index is 12.5. The molecular formula is C31H38N6O4. The third-order valence-electron chi connectivity index (χ3n) is 8.65. The van der Waals surface area contributed by atoms with E-state index in [0.29, 0.717) is 55.5 Å². The SMILES string of the molecule is CCn1c(N2CCC(=O)NC2=O)cnc1-c1ccc2c(n1)[C@H](CO)N(Cc1ccc(O[C@H]3CCCC[C@@H]3C)cc1)C2. The number of fused-ring (bicyclic) bond motifs is 1. The number of carbonyl (C=O) groups excluding carboxylic acids is 2. The van der Waals surface area contributed by atoms with E-state index in [2.05, 4.69) is 52.5 Å². The number of aliphatic hydroxyl groups excluding tert-OH is 1. The molecule has 0 radical (unpaired) electrons. The molecule has 4 heterocycles. The highest BCUT2D eigenvalue weighted by molar-refractivity contribution is 6.05. The molecule has 3 amide bonds. The van der Waals surface area contributed by atoms with Crippen LogP contribution in [-0.4, -0.2) is 55.7 Å². The average molecular weight is 559 g/mol. The van der Waals surface area contributed by atoms with Gasteiger partial charge < -0.3 is 14.4 Å². The van der Waals surface area contributed by atoms with Crippen LogP contribution in [0.4, 0.5) is 10.6 Å². The maximum atomic E-state index is 12.5. The van der Waals surface area contributed by atoms with Gasteiger partial charge in [0.05, 0.1) is 24.5 Å². The molecule has 2 aliphatic heterocycles. The van der Waals surface area contributed by atoms with Gasteiger partial charge in [0.2, 0.25) is 5.91 Å². The summed E-state index contributed by atoms with van der Waals surface area (Å²) < 4.78 is 8.23. The Morgan fingerprint density at radius 1 is 1.10 bits per heavy atom. The molecule has 2 aromatic heterocycles. The van der Waals surface area contributed by atoms with Gasteiger partial charge in [-0.05, 0) is 61.4 Å². The number of aliphatic hydroxyl groups is 1. The number of hydrogen-bond acceptors (Lipinski definition) is 7. The average Bonchev–Trinajstić information content (AvgIpc) is 3.55. The number of ether oxygens (including phenoxy) is 1. The van der Waals surface area contributed by atoms with Crippen LogP contribution in [-0.2, 0) is 24.4 Å². The fourth-order valence-corrected chi connectivity index (χ4v) is 6.34. The minimum Gasteiger partial charge on any atom is -0.490 e. The van der Waals surface area contributed by atoms with Gasteiger partial charge >= 0.3 is 6.03 Å². The first kappa shape index (κ1) is 27.4. The fourth-order valence-electron chi connectivity index (χ4n) is 6.34. The zero-order chi connectivity index (χ0) is 28.5. The summed E-state index contributed by atoms with van der Waals surface area (Å²) in [5, 5.41) is 12.8. The van der Waals surface area contributed by atoms with E-state index in [-0.39, 0.29) is 25.0 Å². The zero-order valence-electron chi connectivity index (χ0n) is 23.8. The van der Waals surface area contributed by atoms with E-state index in [4.69, 9.17) is 9.72 Å². The summed E-state index contributed by atoms with van der Waals surface area (Å²) >= 11 is 0. The van der Waals surface area contributed by atoms with Crippen LogP contribution in [0.5, 0.6) is 5.75 Å². The van der Waals surface area contributed by atoms with E-state index in [1.165, 1.54) is 19.3 Å². The van der Waals surface area contributed by atoms with Crippen LogP contribution in [0, 0.1) is 5.92 Å². The monoisotopic (exact) mass is 558 g/mol. The smallest absolute Gasteiger partial charge is 0.329 e. The predicted molar refractivity (Wildman–Crippen MR) is 154 cm³/mol. The molecule has 2 N–H and O–H groups in total. The number of amides is 3. The first-order valence-electron chi connectivity index (χ1n) is 14.7. The summed E-state index contributed by atoms with van der Waals surface area (Å²) in [6, 6.07) is 11.7. The third-order valence-corrected chi connectivity index (χ3v) is 8.65. The van der Waals surface area contributed by atoms with Gasteiger partial charge in [0.1, 0.15) is 23.4 Å². The number of imidazole rings is 1. The van der Waals surface area contributed by atoms with Crippen LogP contribution in [0.3, 0.4) is 0 Å². The maximum Gasteiger partial charge on any atom is 0.329 e. The van der Waals surface area contributed by atoms with Crippen molar-refractivity contribution in [3.8, 4) is 17.3 Å². The van der Waals surface area contributed by atoms with Crippen molar-refractivity contribution in [3.63, 3.8) is 0 Å². The second-order valence-electron chi connectivity index (χ2n) is 11.3. The quantitative estimate of drug-likeness (QED) is 0.421.